The maximum Gasteiger partial charge on any atom is 0.251 e. The van der Waals surface area contributed by atoms with E-state index in [-0.39, 0.29) is 5.56 Å². The van der Waals surface area contributed by atoms with Crippen LogP contribution in [0, 0.1) is 0 Å². The molecule has 19 heavy (non-hydrogen) atoms. The Morgan fingerprint density at radius 2 is 1.84 bits per heavy atom. The van der Waals surface area contributed by atoms with E-state index in [9.17, 15) is 4.79 Å². The second-order valence-corrected chi connectivity index (χ2v) is 4.85. The summed E-state index contributed by atoms with van der Waals surface area (Å²) in [7, 11) is 0. The van der Waals surface area contributed by atoms with Crippen LogP contribution in [0.4, 0.5) is 0 Å². The quantitative estimate of drug-likeness (QED) is 0.864. The monoisotopic (exact) mass is 258 g/mol. The summed E-state index contributed by atoms with van der Waals surface area (Å²) in [4.78, 5) is 12.0. The van der Waals surface area contributed by atoms with Crippen LogP contribution >= 0.6 is 0 Å². The Morgan fingerprint density at radius 3 is 2.58 bits per heavy atom. The summed E-state index contributed by atoms with van der Waals surface area (Å²) in [6, 6.07) is 12.1. The molecule has 0 aliphatic rings. The van der Waals surface area contributed by atoms with Crippen molar-refractivity contribution in [2.24, 2.45) is 0 Å². The van der Waals surface area contributed by atoms with E-state index in [2.05, 4.69) is 19.2 Å². The number of aromatic nitrogens is 1. The molecule has 2 aromatic rings. The summed E-state index contributed by atoms with van der Waals surface area (Å²) in [5, 5.41) is 4.62. The third kappa shape index (κ3) is 3.24. The Kier molecular flexibility index (Phi) is 4.74. The van der Waals surface area contributed by atoms with Crippen LogP contribution in [0.15, 0.2) is 41.2 Å². The van der Waals surface area contributed by atoms with Gasteiger partial charge in [-0.25, -0.2) is 0 Å². The molecule has 0 amide bonds. The van der Waals surface area contributed by atoms with Crippen molar-refractivity contribution in [2.45, 2.75) is 39.3 Å². The first-order chi connectivity index (χ1) is 9.26. The summed E-state index contributed by atoms with van der Waals surface area (Å²) >= 11 is 0. The first kappa shape index (κ1) is 13.8. The minimum atomic E-state index is 0.0741. The molecule has 1 heterocycles. The van der Waals surface area contributed by atoms with Gasteiger partial charge in [0.1, 0.15) is 0 Å². The fourth-order valence-corrected chi connectivity index (χ4v) is 2.43. The van der Waals surface area contributed by atoms with Crippen molar-refractivity contribution in [3.63, 3.8) is 0 Å². The third-order valence-corrected chi connectivity index (χ3v) is 3.65. The molecule has 0 unspecified atom stereocenters. The third-order valence-electron chi connectivity index (χ3n) is 3.65. The first-order valence-corrected chi connectivity index (χ1v) is 7.08. The highest BCUT2D eigenvalue weighted by Crippen LogP contribution is 2.10. The van der Waals surface area contributed by atoms with E-state index >= 15 is 0 Å². The van der Waals surface area contributed by atoms with Crippen LogP contribution in [0.1, 0.15) is 26.7 Å². The molecule has 1 aromatic heterocycles. The van der Waals surface area contributed by atoms with Crippen molar-refractivity contribution >= 4 is 10.9 Å². The number of fused-ring (bicyclic) bond motifs is 1. The highest BCUT2D eigenvalue weighted by atomic mass is 16.1. The van der Waals surface area contributed by atoms with Crippen LogP contribution in [0.5, 0.6) is 0 Å². The second kappa shape index (κ2) is 6.53. The highest BCUT2D eigenvalue weighted by molar-refractivity contribution is 5.78. The van der Waals surface area contributed by atoms with Gasteiger partial charge in [0.25, 0.3) is 5.56 Å². The molecule has 0 fully saturated rings. The van der Waals surface area contributed by atoms with Gasteiger partial charge in [-0.05, 0) is 30.4 Å². The van der Waals surface area contributed by atoms with E-state index in [1.807, 2.05) is 34.9 Å². The van der Waals surface area contributed by atoms with Gasteiger partial charge in [-0.15, -0.1) is 0 Å². The van der Waals surface area contributed by atoms with Crippen molar-refractivity contribution in [2.75, 3.05) is 6.54 Å². The molecular weight excluding hydrogens is 236 g/mol. The topological polar surface area (TPSA) is 34.0 Å². The van der Waals surface area contributed by atoms with E-state index in [4.69, 9.17) is 0 Å². The number of rotatable bonds is 6. The van der Waals surface area contributed by atoms with Crippen molar-refractivity contribution < 1.29 is 0 Å². The number of benzene rings is 1. The van der Waals surface area contributed by atoms with Gasteiger partial charge in [0.05, 0.1) is 5.52 Å². The lowest BCUT2D eigenvalue weighted by atomic mass is 10.2. The van der Waals surface area contributed by atoms with Crippen LogP contribution in [0.25, 0.3) is 10.9 Å². The Morgan fingerprint density at radius 1 is 1.11 bits per heavy atom. The zero-order chi connectivity index (χ0) is 13.7. The summed E-state index contributed by atoms with van der Waals surface area (Å²) in [6.45, 7) is 5.92. The fraction of sp³-hybridized carbons (Fsp3) is 0.438. The van der Waals surface area contributed by atoms with Crippen molar-refractivity contribution in [1.29, 1.82) is 0 Å². The molecule has 2 rings (SSSR count). The van der Waals surface area contributed by atoms with Gasteiger partial charge in [0, 0.05) is 25.2 Å². The average Bonchev–Trinajstić information content (AvgIpc) is 2.45. The standard InChI is InChI=1S/C16H22N2O/c1-3-14(4-2)17-11-12-18-15-8-6-5-7-13(15)9-10-16(18)19/h5-10,14,17H,3-4,11-12H2,1-2H3. The predicted octanol–water partition coefficient (Wildman–Crippen LogP) is 2.78. The van der Waals surface area contributed by atoms with E-state index in [1.54, 1.807) is 6.07 Å². The van der Waals surface area contributed by atoms with Crippen molar-refractivity contribution in [3.05, 3.63) is 46.8 Å². The average molecular weight is 258 g/mol. The molecule has 0 aliphatic carbocycles. The maximum absolute atomic E-state index is 12.0. The number of nitrogens with zero attached hydrogens (tertiary/aromatic N) is 1. The minimum Gasteiger partial charge on any atom is -0.312 e. The SMILES string of the molecule is CCC(CC)NCCn1c(=O)ccc2ccccc21. The molecule has 0 bridgehead atoms. The summed E-state index contributed by atoms with van der Waals surface area (Å²) in [5.74, 6) is 0. The van der Waals surface area contributed by atoms with E-state index < -0.39 is 0 Å². The van der Waals surface area contributed by atoms with Crippen molar-refractivity contribution in [3.8, 4) is 0 Å². The molecule has 0 aliphatic heterocycles. The molecule has 3 nitrogen and oxygen atoms in total. The molecule has 0 spiro atoms. The number of hydrogen-bond acceptors (Lipinski definition) is 2. The van der Waals surface area contributed by atoms with Gasteiger partial charge in [0.15, 0.2) is 0 Å². The fourth-order valence-electron chi connectivity index (χ4n) is 2.43. The Balaban J connectivity index is 2.16. The van der Waals surface area contributed by atoms with Crippen molar-refractivity contribution in [1.82, 2.24) is 9.88 Å². The van der Waals surface area contributed by atoms with Gasteiger partial charge in [-0.3, -0.25) is 4.79 Å². The summed E-state index contributed by atoms with van der Waals surface area (Å²) < 4.78 is 1.85. The summed E-state index contributed by atoms with van der Waals surface area (Å²) in [5.41, 5.74) is 1.09. The minimum absolute atomic E-state index is 0.0741. The highest BCUT2D eigenvalue weighted by Gasteiger charge is 2.04. The smallest absolute Gasteiger partial charge is 0.251 e. The zero-order valence-electron chi connectivity index (χ0n) is 11.7. The van der Waals surface area contributed by atoms with Gasteiger partial charge in [0.2, 0.25) is 0 Å². The molecule has 1 N–H and O–H groups in total. The van der Waals surface area contributed by atoms with Gasteiger partial charge >= 0.3 is 0 Å². The van der Waals surface area contributed by atoms with Gasteiger partial charge < -0.3 is 9.88 Å². The second-order valence-electron chi connectivity index (χ2n) is 4.85. The van der Waals surface area contributed by atoms with E-state index in [0.717, 1.165) is 36.8 Å². The normalized spacial score (nSPS) is 11.3. The molecule has 3 heteroatoms. The summed E-state index contributed by atoms with van der Waals surface area (Å²) in [6.07, 6.45) is 2.25. The predicted molar refractivity (Wildman–Crippen MR) is 80.6 cm³/mol. The number of pyridine rings is 1. The molecule has 0 radical (unpaired) electrons. The molecule has 102 valence electrons. The Bertz CT molecular complexity index is 585. The lowest BCUT2D eigenvalue weighted by Crippen LogP contribution is -2.33. The lowest BCUT2D eigenvalue weighted by molar-refractivity contribution is 0.466. The molecule has 1 aromatic carbocycles. The first-order valence-electron chi connectivity index (χ1n) is 7.08. The molecule has 0 saturated heterocycles. The van der Waals surface area contributed by atoms with Crippen LogP contribution < -0.4 is 10.9 Å². The Labute approximate surface area is 114 Å². The largest absolute Gasteiger partial charge is 0.312 e. The van der Waals surface area contributed by atoms with Crippen LogP contribution in [0.2, 0.25) is 0 Å². The zero-order valence-corrected chi connectivity index (χ0v) is 11.7. The number of nitrogens with one attached hydrogen (secondary N) is 1. The van der Waals surface area contributed by atoms with Crippen LogP contribution in [0.3, 0.4) is 0 Å². The van der Waals surface area contributed by atoms with Gasteiger partial charge in [-0.2, -0.15) is 0 Å². The lowest BCUT2D eigenvalue weighted by Gasteiger charge is -2.16. The van der Waals surface area contributed by atoms with Gasteiger partial charge in [-0.1, -0.05) is 32.0 Å². The van der Waals surface area contributed by atoms with Crippen LogP contribution in [-0.4, -0.2) is 17.2 Å². The maximum atomic E-state index is 12.0. The van der Waals surface area contributed by atoms with E-state index in [0.29, 0.717) is 6.04 Å². The number of hydrogen-bond donors (Lipinski definition) is 1. The molecule has 0 saturated carbocycles. The van der Waals surface area contributed by atoms with E-state index in [1.165, 1.54) is 0 Å². The number of para-hydroxylation sites is 1. The van der Waals surface area contributed by atoms with Crippen LogP contribution in [-0.2, 0) is 6.54 Å². The molecular formula is C16H22N2O. The Hall–Kier alpha value is -1.61. The molecule has 0 atom stereocenters.